The van der Waals surface area contributed by atoms with Gasteiger partial charge >= 0.3 is 0 Å². The fourth-order valence-corrected chi connectivity index (χ4v) is 3.68. The molecule has 0 atom stereocenters. The van der Waals surface area contributed by atoms with E-state index in [9.17, 15) is 20.4 Å². The summed E-state index contributed by atoms with van der Waals surface area (Å²) in [4.78, 5) is 0. The molecule has 0 spiro atoms. The molecule has 164 valence electrons. The van der Waals surface area contributed by atoms with E-state index < -0.39 is 5.41 Å². The van der Waals surface area contributed by atoms with Crippen LogP contribution in [0.3, 0.4) is 0 Å². The number of hydrogen-bond acceptors (Lipinski definition) is 4. The molecule has 0 aliphatic carbocycles. The van der Waals surface area contributed by atoms with Crippen LogP contribution in [0.1, 0.15) is 36.1 Å². The van der Waals surface area contributed by atoms with Crippen LogP contribution in [0.5, 0.6) is 23.0 Å². The van der Waals surface area contributed by atoms with E-state index in [1.54, 1.807) is 48.5 Å². The van der Waals surface area contributed by atoms with Gasteiger partial charge in [0, 0.05) is 23.0 Å². The Balaban J connectivity index is 0.000000182. The third-order valence-corrected chi connectivity index (χ3v) is 5.52. The standard InChI is InChI=1S/C15H16O2.C13H12O2/c1-15(2,11-7-3-5-9-13(11)16)12-8-4-6-10-14(12)17;14-12-7-3-1-5-10(12)9-11-6-2-4-8-13(11)15/h3-10,16-17H,1-2H3;1-8,14-15H,9H2. The van der Waals surface area contributed by atoms with Crippen molar-refractivity contribution in [1.29, 1.82) is 0 Å². The van der Waals surface area contributed by atoms with Gasteiger partial charge in [0.15, 0.2) is 0 Å². The van der Waals surface area contributed by atoms with Crippen LogP contribution in [0.2, 0.25) is 0 Å². The molecule has 0 bridgehead atoms. The molecule has 0 aliphatic heterocycles. The van der Waals surface area contributed by atoms with E-state index in [0.29, 0.717) is 6.42 Å². The summed E-state index contributed by atoms with van der Waals surface area (Å²) < 4.78 is 0. The lowest BCUT2D eigenvalue weighted by atomic mass is 9.77. The van der Waals surface area contributed by atoms with Gasteiger partial charge in [0.05, 0.1) is 0 Å². The molecule has 0 unspecified atom stereocenters. The lowest BCUT2D eigenvalue weighted by molar-refractivity contribution is 0.435. The minimum Gasteiger partial charge on any atom is -0.508 e. The van der Waals surface area contributed by atoms with Crippen molar-refractivity contribution in [1.82, 2.24) is 0 Å². The van der Waals surface area contributed by atoms with E-state index in [-0.39, 0.29) is 23.0 Å². The largest absolute Gasteiger partial charge is 0.508 e. The van der Waals surface area contributed by atoms with Gasteiger partial charge in [0.1, 0.15) is 23.0 Å². The highest BCUT2D eigenvalue weighted by Gasteiger charge is 2.28. The maximum Gasteiger partial charge on any atom is 0.119 e. The van der Waals surface area contributed by atoms with Crippen LogP contribution in [0, 0.1) is 0 Å². The number of phenolic OH excluding ortho intramolecular Hbond substituents is 4. The van der Waals surface area contributed by atoms with E-state index in [1.807, 2.05) is 62.4 Å². The normalized spacial score (nSPS) is 10.8. The predicted octanol–water partition coefficient (Wildman–Crippen LogP) is 6.11. The molecule has 0 heterocycles. The average molecular weight is 429 g/mol. The zero-order chi connectivity index (χ0) is 23.1. The number of hydrogen-bond donors (Lipinski definition) is 4. The second-order valence-corrected chi connectivity index (χ2v) is 8.09. The zero-order valence-corrected chi connectivity index (χ0v) is 18.2. The summed E-state index contributed by atoms with van der Waals surface area (Å²) in [7, 11) is 0. The van der Waals surface area contributed by atoms with Crippen LogP contribution in [0.15, 0.2) is 97.1 Å². The minimum atomic E-state index is -0.434. The molecular weight excluding hydrogens is 400 g/mol. The first-order valence-electron chi connectivity index (χ1n) is 10.4. The van der Waals surface area contributed by atoms with E-state index in [4.69, 9.17) is 0 Å². The number of rotatable bonds is 4. The number of aromatic hydroxyl groups is 4. The van der Waals surface area contributed by atoms with Gasteiger partial charge < -0.3 is 20.4 Å². The number of para-hydroxylation sites is 4. The first-order chi connectivity index (χ1) is 15.3. The average Bonchev–Trinajstić information content (AvgIpc) is 2.78. The van der Waals surface area contributed by atoms with Gasteiger partial charge in [-0.05, 0) is 35.4 Å². The summed E-state index contributed by atoms with van der Waals surface area (Å²) in [6.45, 7) is 3.97. The third kappa shape index (κ3) is 5.22. The van der Waals surface area contributed by atoms with Gasteiger partial charge in [-0.3, -0.25) is 0 Å². The SMILES string of the molecule is CC(C)(c1ccccc1O)c1ccccc1O.Oc1ccccc1Cc1ccccc1O. The first-order valence-corrected chi connectivity index (χ1v) is 10.4. The van der Waals surface area contributed by atoms with Crippen molar-refractivity contribution >= 4 is 0 Å². The predicted molar refractivity (Wildman–Crippen MR) is 127 cm³/mol. The molecule has 0 aromatic heterocycles. The van der Waals surface area contributed by atoms with Crippen molar-refractivity contribution in [3.8, 4) is 23.0 Å². The van der Waals surface area contributed by atoms with Crippen molar-refractivity contribution in [3.05, 3.63) is 119 Å². The monoisotopic (exact) mass is 428 g/mol. The number of phenols is 4. The molecule has 4 aromatic carbocycles. The molecule has 4 N–H and O–H groups in total. The van der Waals surface area contributed by atoms with Crippen LogP contribution in [0.25, 0.3) is 0 Å². The van der Waals surface area contributed by atoms with Crippen molar-refractivity contribution in [2.45, 2.75) is 25.7 Å². The van der Waals surface area contributed by atoms with E-state index in [1.165, 1.54) is 0 Å². The molecule has 0 fully saturated rings. The summed E-state index contributed by atoms with van der Waals surface area (Å²) >= 11 is 0. The summed E-state index contributed by atoms with van der Waals surface area (Å²) in [6, 6.07) is 28.7. The first kappa shape index (κ1) is 22.8. The Hall–Kier alpha value is -3.92. The lowest BCUT2D eigenvalue weighted by Gasteiger charge is -2.27. The van der Waals surface area contributed by atoms with Gasteiger partial charge in [-0.1, -0.05) is 86.6 Å². The Morgan fingerprint density at radius 2 is 0.781 bits per heavy atom. The highest BCUT2D eigenvalue weighted by atomic mass is 16.3. The molecule has 0 radical (unpaired) electrons. The lowest BCUT2D eigenvalue weighted by Crippen LogP contribution is -2.19. The molecule has 0 amide bonds. The molecule has 4 nitrogen and oxygen atoms in total. The van der Waals surface area contributed by atoms with Crippen molar-refractivity contribution in [2.75, 3.05) is 0 Å². The quantitative estimate of drug-likeness (QED) is 0.316. The molecule has 4 aromatic rings. The van der Waals surface area contributed by atoms with Gasteiger partial charge in [0.25, 0.3) is 0 Å². The fraction of sp³-hybridized carbons (Fsp3) is 0.143. The zero-order valence-electron chi connectivity index (χ0n) is 18.2. The molecular formula is C28H28O4. The highest BCUT2D eigenvalue weighted by Crippen LogP contribution is 2.40. The van der Waals surface area contributed by atoms with Gasteiger partial charge in [-0.15, -0.1) is 0 Å². The minimum absolute atomic E-state index is 0.251. The van der Waals surface area contributed by atoms with Gasteiger partial charge in [-0.25, -0.2) is 0 Å². The van der Waals surface area contributed by atoms with Crippen LogP contribution in [0.4, 0.5) is 0 Å². The van der Waals surface area contributed by atoms with Crippen molar-refractivity contribution in [2.24, 2.45) is 0 Å². The Morgan fingerprint density at radius 3 is 1.12 bits per heavy atom. The van der Waals surface area contributed by atoms with Gasteiger partial charge in [0.2, 0.25) is 0 Å². The van der Waals surface area contributed by atoms with Crippen LogP contribution < -0.4 is 0 Å². The molecule has 0 saturated carbocycles. The molecule has 32 heavy (non-hydrogen) atoms. The summed E-state index contributed by atoms with van der Waals surface area (Å²) in [6.07, 6.45) is 0.541. The van der Waals surface area contributed by atoms with Crippen molar-refractivity contribution in [3.63, 3.8) is 0 Å². The Labute approximate surface area is 188 Å². The van der Waals surface area contributed by atoms with Gasteiger partial charge in [-0.2, -0.15) is 0 Å². The molecule has 4 rings (SSSR count). The maximum absolute atomic E-state index is 9.92. The Morgan fingerprint density at radius 1 is 0.469 bits per heavy atom. The van der Waals surface area contributed by atoms with Crippen LogP contribution in [-0.4, -0.2) is 20.4 Å². The van der Waals surface area contributed by atoms with Crippen LogP contribution >= 0.6 is 0 Å². The summed E-state index contributed by atoms with van der Waals surface area (Å²) in [5.41, 5.74) is 2.82. The second kappa shape index (κ2) is 9.92. The maximum atomic E-state index is 9.92. The third-order valence-electron chi connectivity index (χ3n) is 5.52. The number of benzene rings is 4. The van der Waals surface area contributed by atoms with E-state index >= 15 is 0 Å². The molecule has 0 saturated heterocycles. The molecule has 4 heteroatoms. The van der Waals surface area contributed by atoms with Crippen LogP contribution in [-0.2, 0) is 11.8 Å². The summed E-state index contributed by atoms with van der Waals surface area (Å²) in [5, 5.41) is 39.0. The van der Waals surface area contributed by atoms with E-state index in [0.717, 1.165) is 22.3 Å². The summed E-state index contributed by atoms with van der Waals surface area (Å²) in [5.74, 6) is 1.03. The van der Waals surface area contributed by atoms with E-state index in [2.05, 4.69) is 0 Å². The van der Waals surface area contributed by atoms with Crippen molar-refractivity contribution < 1.29 is 20.4 Å². The highest BCUT2D eigenvalue weighted by molar-refractivity contribution is 5.49. The second-order valence-electron chi connectivity index (χ2n) is 8.09. The molecule has 0 aliphatic rings. The Bertz CT molecular complexity index is 1090. The topological polar surface area (TPSA) is 80.9 Å². The Kier molecular flexibility index (Phi) is 7.06. The fourth-order valence-electron chi connectivity index (χ4n) is 3.68. The smallest absolute Gasteiger partial charge is 0.119 e.